The Balaban J connectivity index is 1.20. The second kappa shape index (κ2) is 17.8. The first-order valence-corrected chi connectivity index (χ1v) is 16.5. The van der Waals surface area contributed by atoms with E-state index in [0.29, 0.717) is 13.2 Å². The van der Waals surface area contributed by atoms with E-state index in [-0.39, 0.29) is 12.1 Å². The Labute approximate surface area is 260 Å². The van der Waals surface area contributed by atoms with Gasteiger partial charge in [-0.25, -0.2) is 0 Å². The lowest BCUT2D eigenvalue weighted by Gasteiger charge is -2.17. The average Bonchev–Trinajstić information content (AvgIpc) is 3.06. The SMILES string of the molecule is CCCCCCc1ccc(-c2ccc(C(N)COCC(N)c3ccc(-c4ccc(CCCCCC)cc4)cc3)cc2)cc1. The van der Waals surface area contributed by atoms with Crippen molar-refractivity contribution in [1.82, 2.24) is 0 Å². The molecule has 43 heavy (non-hydrogen) atoms. The van der Waals surface area contributed by atoms with Crippen LogP contribution in [0.5, 0.6) is 0 Å². The van der Waals surface area contributed by atoms with E-state index >= 15 is 0 Å². The first-order valence-electron chi connectivity index (χ1n) is 16.5. The van der Waals surface area contributed by atoms with E-state index < -0.39 is 0 Å². The van der Waals surface area contributed by atoms with Crippen LogP contribution >= 0.6 is 0 Å². The van der Waals surface area contributed by atoms with Crippen molar-refractivity contribution < 1.29 is 4.74 Å². The third-order valence-electron chi connectivity index (χ3n) is 8.49. The molecule has 0 aliphatic carbocycles. The number of hydrogen-bond acceptors (Lipinski definition) is 3. The van der Waals surface area contributed by atoms with Crippen molar-refractivity contribution >= 4 is 0 Å². The summed E-state index contributed by atoms with van der Waals surface area (Å²) in [5, 5.41) is 0. The molecule has 0 aliphatic heterocycles. The van der Waals surface area contributed by atoms with Gasteiger partial charge in [-0.2, -0.15) is 0 Å². The summed E-state index contributed by atoms with van der Waals surface area (Å²) in [5.41, 5.74) is 22.8. The fourth-order valence-electron chi connectivity index (χ4n) is 5.60. The van der Waals surface area contributed by atoms with Gasteiger partial charge in [-0.3, -0.25) is 0 Å². The zero-order valence-electron chi connectivity index (χ0n) is 26.4. The number of hydrogen-bond donors (Lipinski definition) is 2. The van der Waals surface area contributed by atoms with Gasteiger partial charge in [0.05, 0.1) is 25.3 Å². The minimum absolute atomic E-state index is 0.191. The number of ether oxygens (including phenoxy) is 1. The Morgan fingerprint density at radius 3 is 1.09 bits per heavy atom. The van der Waals surface area contributed by atoms with E-state index in [0.717, 1.165) is 24.0 Å². The van der Waals surface area contributed by atoms with Crippen LogP contribution in [0.1, 0.15) is 99.6 Å². The molecule has 2 atom stereocenters. The highest BCUT2D eigenvalue weighted by atomic mass is 16.5. The van der Waals surface area contributed by atoms with Gasteiger partial charge in [0, 0.05) is 0 Å². The maximum absolute atomic E-state index is 6.47. The molecule has 4 rings (SSSR count). The first kappa shape index (κ1) is 32.7. The Hall–Kier alpha value is -3.24. The molecule has 4 aromatic carbocycles. The van der Waals surface area contributed by atoms with E-state index in [2.05, 4.69) is 111 Å². The molecule has 0 saturated carbocycles. The molecule has 4 aromatic rings. The van der Waals surface area contributed by atoms with E-state index in [1.54, 1.807) is 0 Å². The van der Waals surface area contributed by atoms with E-state index in [4.69, 9.17) is 16.2 Å². The Morgan fingerprint density at radius 1 is 0.442 bits per heavy atom. The van der Waals surface area contributed by atoms with Gasteiger partial charge in [-0.15, -0.1) is 0 Å². The summed E-state index contributed by atoms with van der Waals surface area (Å²) in [6.45, 7) is 5.38. The molecule has 3 heteroatoms. The van der Waals surface area contributed by atoms with Crippen molar-refractivity contribution in [1.29, 1.82) is 0 Å². The number of aryl methyl sites for hydroxylation is 2. The van der Waals surface area contributed by atoms with Gasteiger partial charge in [0.1, 0.15) is 0 Å². The molecule has 0 radical (unpaired) electrons. The van der Waals surface area contributed by atoms with Crippen LogP contribution in [0.15, 0.2) is 97.1 Å². The topological polar surface area (TPSA) is 61.3 Å². The van der Waals surface area contributed by atoms with Crippen LogP contribution in [0, 0.1) is 0 Å². The van der Waals surface area contributed by atoms with Gasteiger partial charge in [0.15, 0.2) is 0 Å². The summed E-state index contributed by atoms with van der Waals surface area (Å²) in [4.78, 5) is 0. The Kier molecular flexibility index (Phi) is 13.5. The summed E-state index contributed by atoms with van der Waals surface area (Å²) >= 11 is 0. The smallest absolute Gasteiger partial charge is 0.0660 e. The van der Waals surface area contributed by atoms with Crippen LogP contribution in [0.2, 0.25) is 0 Å². The molecule has 0 aromatic heterocycles. The summed E-state index contributed by atoms with van der Waals surface area (Å²) in [5.74, 6) is 0. The molecule has 0 spiro atoms. The van der Waals surface area contributed by atoms with Crippen molar-refractivity contribution in [3.8, 4) is 22.3 Å². The molecule has 0 aliphatic rings. The monoisotopic (exact) mass is 576 g/mol. The second-order valence-electron chi connectivity index (χ2n) is 12.0. The quantitative estimate of drug-likeness (QED) is 0.116. The maximum atomic E-state index is 6.47. The summed E-state index contributed by atoms with van der Waals surface area (Å²) in [7, 11) is 0. The molecule has 0 bridgehead atoms. The van der Waals surface area contributed by atoms with Crippen molar-refractivity contribution in [3.05, 3.63) is 119 Å². The minimum Gasteiger partial charge on any atom is -0.378 e. The zero-order valence-corrected chi connectivity index (χ0v) is 26.4. The number of nitrogens with two attached hydrogens (primary N) is 2. The first-order chi connectivity index (χ1) is 21.1. The summed E-state index contributed by atoms with van der Waals surface area (Å²) < 4.78 is 5.97. The highest BCUT2D eigenvalue weighted by Crippen LogP contribution is 2.25. The lowest BCUT2D eigenvalue weighted by Crippen LogP contribution is -2.22. The van der Waals surface area contributed by atoms with Crippen LogP contribution in [-0.4, -0.2) is 13.2 Å². The molecule has 3 nitrogen and oxygen atoms in total. The molecule has 228 valence electrons. The molecule has 2 unspecified atom stereocenters. The van der Waals surface area contributed by atoms with Crippen molar-refractivity contribution in [2.45, 2.75) is 90.1 Å². The molecule has 0 saturated heterocycles. The van der Waals surface area contributed by atoms with Gasteiger partial charge in [-0.1, -0.05) is 149 Å². The largest absolute Gasteiger partial charge is 0.378 e. The van der Waals surface area contributed by atoms with Crippen molar-refractivity contribution in [3.63, 3.8) is 0 Å². The van der Waals surface area contributed by atoms with Gasteiger partial charge in [-0.05, 0) is 70.2 Å². The summed E-state index contributed by atoms with van der Waals surface area (Å²) in [6, 6.07) is 34.6. The lowest BCUT2D eigenvalue weighted by atomic mass is 9.99. The van der Waals surface area contributed by atoms with E-state index in [1.807, 2.05) is 0 Å². The van der Waals surface area contributed by atoms with Crippen LogP contribution in [0.4, 0.5) is 0 Å². The minimum atomic E-state index is -0.191. The Bertz CT molecular complexity index is 1210. The third-order valence-corrected chi connectivity index (χ3v) is 8.49. The third kappa shape index (κ3) is 10.5. The second-order valence-corrected chi connectivity index (χ2v) is 12.0. The molecule has 4 N–H and O–H groups in total. The fraction of sp³-hybridized carbons (Fsp3) is 0.400. The van der Waals surface area contributed by atoms with Crippen molar-refractivity contribution in [2.75, 3.05) is 13.2 Å². The molecule has 0 amide bonds. The summed E-state index contributed by atoms with van der Waals surface area (Å²) in [6.07, 6.45) is 12.7. The van der Waals surface area contributed by atoms with Crippen LogP contribution in [0.25, 0.3) is 22.3 Å². The number of benzene rings is 4. The van der Waals surface area contributed by atoms with Crippen LogP contribution < -0.4 is 11.5 Å². The van der Waals surface area contributed by atoms with Crippen LogP contribution in [-0.2, 0) is 17.6 Å². The van der Waals surface area contributed by atoms with Gasteiger partial charge in [0.25, 0.3) is 0 Å². The fourth-order valence-corrected chi connectivity index (χ4v) is 5.60. The highest BCUT2D eigenvalue weighted by Gasteiger charge is 2.11. The predicted molar refractivity (Wildman–Crippen MR) is 184 cm³/mol. The highest BCUT2D eigenvalue weighted by molar-refractivity contribution is 5.65. The van der Waals surface area contributed by atoms with Gasteiger partial charge in [0.2, 0.25) is 0 Å². The normalized spacial score (nSPS) is 12.7. The number of unbranched alkanes of at least 4 members (excludes halogenated alkanes) is 6. The van der Waals surface area contributed by atoms with E-state index in [9.17, 15) is 0 Å². The van der Waals surface area contributed by atoms with Gasteiger partial charge < -0.3 is 16.2 Å². The predicted octanol–water partition coefficient (Wildman–Crippen LogP) is 9.98. The average molecular weight is 577 g/mol. The molecular formula is C40H52N2O. The van der Waals surface area contributed by atoms with E-state index in [1.165, 1.54) is 84.7 Å². The van der Waals surface area contributed by atoms with Crippen LogP contribution in [0.3, 0.4) is 0 Å². The van der Waals surface area contributed by atoms with Gasteiger partial charge >= 0.3 is 0 Å². The molecule has 0 fully saturated rings. The lowest BCUT2D eigenvalue weighted by molar-refractivity contribution is 0.109. The Morgan fingerprint density at radius 2 is 0.767 bits per heavy atom. The molecular weight excluding hydrogens is 524 g/mol. The number of rotatable bonds is 18. The maximum Gasteiger partial charge on any atom is 0.0660 e. The standard InChI is InChI=1S/C40H52N2O/c1-3-5-7-9-11-31-13-17-33(18-14-31)35-21-25-37(26-22-35)39(41)29-43-30-40(42)38-27-23-36(24-28-38)34-19-15-32(16-20-34)12-10-8-6-4-2/h13-28,39-40H,3-12,29-30,41-42H2,1-2H3. The van der Waals surface area contributed by atoms with Crippen molar-refractivity contribution in [2.24, 2.45) is 11.5 Å². The zero-order chi connectivity index (χ0) is 30.3. The molecule has 0 heterocycles.